The van der Waals surface area contributed by atoms with E-state index in [9.17, 15) is 4.39 Å². The van der Waals surface area contributed by atoms with E-state index in [1.807, 2.05) is 29.5 Å². The van der Waals surface area contributed by atoms with Crippen LogP contribution >= 0.6 is 11.3 Å². The summed E-state index contributed by atoms with van der Waals surface area (Å²) in [5.74, 6) is 2.47. The Morgan fingerprint density at radius 1 is 1.33 bits per heavy atom. The molecule has 1 fully saturated rings. The van der Waals surface area contributed by atoms with E-state index < -0.39 is 0 Å². The molecule has 2 N–H and O–H groups in total. The van der Waals surface area contributed by atoms with E-state index in [0.717, 1.165) is 24.6 Å². The smallest absolute Gasteiger partial charge is 0.192 e. The van der Waals surface area contributed by atoms with E-state index in [1.54, 1.807) is 23.6 Å². The summed E-state index contributed by atoms with van der Waals surface area (Å²) in [6, 6.07) is 7.31. The highest BCUT2D eigenvalue weighted by molar-refractivity contribution is 7.09. The third-order valence-corrected chi connectivity index (χ3v) is 6.02. The Labute approximate surface area is 178 Å². The summed E-state index contributed by atoms with van der Waals surface area (Å²) in [5, 5.41) is 17.2. The number of aliphatic imine (C=N–C) groups is 1. The van der Waals surface area contributed by atoms with Gasteiger partial charge in [-0.1, -0.05) is 6.07 Å². The maximum atomic E-state index is 14.1. The van der Waals surface area contributed by atoms with Crippen molar-refractivity contribution in [1.29, 1.82) is 0 Å². The molecule has 0 aliphatic carbocycles. The number of hydrogen-bond donors (Lipinski definition) is 2. The van der Waals surface area contributed by atoms with Gasteiger partial charge in [0.15, 0.2) is 23.4 Å². The standard InChI is InChI=1S/C20H25FN8S/c1-14-26-27-18(28(14)2)12-24-20(23-11-16-5-4-10-30-16)25-15-7-9-29(13-15)19-17(21)6-3-8-22-19/h3-6,8,10,15H,7,9,11-13H2,1-2H3,(H2,23,24,25). The fourth-order valence-corrected chi connectivity index (χ4v) is 3.99. The summed E-state index contributed by atoms with van der Waals surface area (Å²) in [5.41, 5.74) is 0. The number of guanidine groups is 1. The second-order valence-corrected chi connectivity index (χ2v) is 8.24. The van der Waals surface area contributed by atoms with E-state index in [4.69, 9.17) is 4.99 Å². The zero-order chi connectivity index (χ0) is 20.9. The van der Waals surface area contributed by atoms with Gasteiger partial charge < -0.3 is 20.1 Å². The normalized spacial score (nSPS) is 16.8. The summed E-state index contributed by atoms with van der Waals surface area (Å²) in [7, 11) is 1.93. The Hall–Kier alpha value is -3.01. The molecule has 0 amide bonds. The average molecular weight is 429 g/mol. The van der Waals surface area contributed by atoms with E-state index >= 15 is 0 Å². The molecule has 0 radical (unpaired) electrons. The quantitative estimate of drug-likeness (QED) is 0.463. The van der Waals surface area contributed by atoms with Crippen molar-refractivity contribution in [2.45, 2.75) is 32.5 Å². The first kappa shape index (κ1) is 20.3. The van der Waals surface area contributed by atoms with Crippen molar-refractivity contribution in [3.05, 3.63) is 58.2 Å². The SMILES string of the molecule is Cc1nnc(CN=C(NCc2cccs2)NC2CCN(c3ncccc3F)C2)n1C. The Bertz CT molecular complexity index is 1000. The molecule has 1 aliphatic heterocycles. The van der Waals surface area contributed by atoms with E-state index in [2.05, 4.69) is 37.3 Å². The summed E-state index contributed by atoms with van der Waals surface area (Å²) in [4.78, 5) is 12.1. The first-order valence-corrected chi connectivity index (χ1v) is 10.8. The summed E-state index contributed by atoms with van der Waals surface area (Å²) in [6.45, 7) is 4.43. The molecule has 0 aromatic carbocycles. The Balaban J connectivity index is 1.43. The number of thiophene rings is 1. The number of hydrogen-bond acceptors (Lipinski definition) is 6. The van der Waals surface area contributed by atoms with Gasteiger partial charge in [-0.15, -0.1) is 21.5 Å². The summed E-state index contributed by atoms with van der Waals surface area (Å²) in [6.07, 6.45) is 2.50. The molecular weight excluding hydrogens is 403 g/mol. The van der Waals surface area contributed by atoms with Gasteiger partial charge in [-0.2, -0.15) is 0 Å². The number of aryl methyl sites for hydroxylation is 1. The van der Waals surface area contributed by atoms with Crippen molar-refractivity contribution in [2.24, 2.45) is 12.0 Å². The van der Waals surface area contributed by atoms with Crippen LogP contribution < -0.4 is 15.5 Å². The predicted octanol–water partition coefficient (Wildman–Crippen LogP) is 2.23. The Morgan fingerprint density at radius 3 is 2.97 bits per heavy atom. The van der Waals surface area contributed by atoms with Gasteiger partial charge in [-0.3, -0.25) is 0 Å². The first-order chi connectivity index (χ1) is 14.6. The van der Waals surface area contributed by atoms with E-state index in [-0.39, 0.29) is 11.9 Å². The molecule has 0 spiro atoms. The van der Waals surface area contributed by atoms with Crippen LogP contribution in [0, 0.1) is 12.7 Å². The molecule has 3 aromatic rings. The molecule has 1 unspecified atom stereocenters. The maximum absolute atomic E-state index is 14.1. The van der Waals surface area contributed by atoms with Crippen molar-refractivity contribution in [1.82, 2.24) is 30.4 Å². The monoisotopic (exact) mass is 428 g/mol. The lowest BCUT2D eigenvalue weighted by Crippen LogP contribution is -2.44. The van der Waals surface area contributed by atoms with Gasteiger partial charge in [0.05, 0.1) is 6.54 Å². The van der Waals surface area contributed by atoms with Crippen LogP contribution in [0.25, 0.3) is 0 Å². The number of rotatable bonds is 6. The third-order valence-electron chi connectivity index (χ3n) is 5.14. The summed E-state index contributed by atoms with van der Waals surface area (Å²) >= 11 is 1.70. The van der Waals surface area contributed by atoms with Crippen LogP contribution in [0.15, 0.2) is 40.8 Å². The van der Waals surface area contributed by atoms with Crippen LogP contribution in [-0.4, -0.2) is 44.8 Å². The molecule has 1 aliphatic rings. The molecule has 158 valence electrons. The number of pyridine rings is 1. The highest BCUT2D eigenvalue weighted by Crippen LogP contribution is 2.20. The van der Waals surface area contributed by atoms with Gasteiger partial charge in [0.25, 0.3) is 0 Å². The maximum Gasteiger partial charge on any atom is 0.192 e. The van der Waals surface area contributed by atoms with E-state index in [0.29, 0.717) is 31.4 Å². The topological polar surface area (TPSA) is 83.3 Å². The van der Waals surface area contributed by atoms with Crippen molar-refractivity contribution >= 4 is 23.1 Å². The minimum absolute atomic E-state index is 0.141. The molecule has 0 bridgehead atoms. The minimum atomic E-state index is -0.291. The number of halogens is 1. The molecule has 30 heavy (non-hydrogen) atoms. The second-order valence-electron chi connectivity index (χ2n) is 7.20. The van der Waals surface area contributed by atoms with Crippen LogP contribution in [-0.2, 0) is 20.1 Å². The third kappa shape index (κ3) is 4.76. The van der Waals surface area contributed by atoms with Gasteiger partial charge in [0.1, 0.15) is 12.4 Å². The Morgan fingerprint density at radius 2 is 2.23 bits per heavy atom. The number of nitrogens with one attached hydrogen (secondary N) is 2. The van der Waals surface area contributed by atoms with Crippen molar-refractivity contribution in [3.63, 3.8) is 0 Å². The van der Waals surface area contributed by atoms with Crippen molar-refractivity contribution in [2.75, 3.05) is 18.0 Å². The van der Waals surface area contributed by atoms with Gasteiger partial charge in [0.2, 0.25) is 0 Å². The number of anilines is 1. The molecule has 4 heterocycles. The second kappa shape index (κ2) is 9.21. The fraction of sp³-hybridized carbons (Fsp3) is 0.400. The van der Waals surface area contributed by atoms with Crippen LogP contribution in [0.4, 0.5) is 10.2 Å². The molecule has 0 saturated carbocycles. The number of nitrogens with zero attached hydrogens (tertiary/aromatic N) is 6. The fourth-order valence-electron chi connectivity index (χ4n) is 3.35. The van der Waals surface area contributed by atoms with E-state index in [1.165, 1.54) is 10.9 Å². The molecule has 1 saturated heterocycles. The van der Waals surface area contributed by atoms with Gasteiger partial charge >= 0.3 is 0 Å². The number of aromatic nitrogens is 4. The Kier molecular flexibility index (Phi) is 6.22. The molecular formula is C20H25FN8S. The molecule has 3 aromatic heterocycles. The minimum Gasteiger partial charge on any atom is -0.352 e. The molecule has 1 atom stereocenters. The van der Waals surface area contributed by atoms with Crippen LogP contribution in [0.1, 0.15) is 22.9 Å². The van der Waals surface area contributed by atoms with Crippen LogP contribution in [0.3, 0.4) is 0 Å². The predicted molar refractivity (Wildman–Crippen MR) is 116 cm³/mol. The highest BCUT2D eigenvalue weighted by atomic mass is 32.1. The van der Waals surface area contributed by atoms with Gasteiger partial charge in [-0.05, 0) is 36.9 Å². The largest absolute Gasteiger partial charge is 0.352 e. The van der Waals surface area contributed by atoms with Crippen molar-refractivity contribution < 1.29 is 4.39 Å². The highest BCUT2D eigenvalue weighted by Gasteiger charge is 2.26. The summed E-state index contributed by atoms with van der Waals surface area (Å²) < 4.78 is 16.0. The van der Waals surface area contributed by atoms with Crippen LogP contribution in [0.5, 0.6) is 0 Å². The lowest BCUT2D eigenvalue weighted by Gasteiger charge is -2.20. The van der Waals surface area contributed by atoms with Crippen LogP contribution in [0.2, 0.25) is 0 Å². The van der Waals surface area contributed by atoms with Crippen molar-refractivity contribution in [3.8, 4) is 0 Å². The molecule has 4 rings (SSSR count). The lowest BCUT2D eigenvalue weighted by atomic mass is 10.3. The zero-order valence-electron chi connectivity index (χ0n) is 17.0. The first-order valence-electron chi connectivity index (χ1n) is 9.87. The molecule has 10 heteroatoms. The van der Waals surface area contributed by atoms with Gasteiger partial charge in [0, 0.05) is 37.3 Å². The average Bonchev–Trinajstić information content (AvgIpc) is 3.49. The lowest BCUT2D eigenvalue weighted by molar-refractivity contribution is 0.612. The van der Waals surface area contributed by atoms with Gasteiger partial charge in [-0.25, -0.2) is 14.4 Å². The molecule has 8 nitrogen and oxygen atoms in total. The zero-order valence-corrected chi connectivity index (χ0v) is 17.9.